The van der Waals surface area contributed by atoms with Gasteiger partial charge in [0.15, 0.2) is 0 Å². The van der Waals surface area contributed by atoms with Gasteiger partial charge in [0, 0.05) is 0 Å². The lowest BCUT2D eigenvalue weighted by molar-refractivity contribution is -0.133. The Balaban J connectivity index is 3.02. The summed E-state index contributed by atoms with van der Waals surface area (Å²) in [5, 5.41) is 0. The van der Waals surface area contributed by atoms with Crippen molar-refractivity contribution in [3.8, 4) is 0 Å². The Morgan fingerprint density at radius 3 is 1.91 bits per heavy atom. The van der Waals surface area contributed by atoms with Gasteiger partial charge in [-0.15, -0.1) is 0 Å². The predicted molar refractivity (Wildman–Crippen MR) is 32.9 cm³/mol. The largest absolute Gasteiger partial charge is 0.401 e. The highest BCUT2D eigenvalue weighted by Gasteiger charge is 2.37. The Bertz CT molecular complexity index is 277. The molecule has 0 heterocycles. The molecule has 0 amide bonds. The van der Waals surface area contributed by atoms with E-state index in [0.717, 1.165) is 0 Å². The molecule has 11 heavy (non-hydrogen) atoms. The summed E-state index contributed by atoms with van der Waals surface area (Å²) in [6, 6.07) is 0. The van der Waals surface area contributed by atoms with Crippen LogP contribution >= 0.6 is 0 Å². The van der Waals surface area contributed by atoms with Crippen LogP contribution in [0.1, 0.15) is 12.8 Å². The third-order valence-electron chi connectivity index (χ3n) is 1.34. The molecular formula is C6H4N2O3. The van der Waals surface area contributed by atoms with E-state index in [4.69, 9.17) is 5.53 Å². The van der Waals surface area contributed by atoms with E-state index in [9.17, 15) is 14.4 Å². The van der Waals surface area contributed by atoms with Crippen molar-refractivity contribution in [1.82, 2.24) is 0 Å². The van der Waals surface area contributed by atoms with Crippen molar-refractivity contribution in [2.24, 2.45) is 0 Å². The van der Waals surface area contributed by atoms with Gasteiger partial charge in [-0.05, 0) is 0 Å². The lowest BCUT2D eigenvalue weighted by Gasteiger charge is -2.00. The van der Waals surface area contributed by atoms with Crippen molar-refractivity contribution in [2.45, 2.75) is 12.8 Å². The maximum atomic E-state index is 10.7. The summed E-state index contributed by atoms with van der Waals surface area (Å²) in [5.74, 6) is -1.82. The molecule has 1 rings (SSSR count). The SMILES string of the molecule is [N-]=[N+]=C1C(=O)CC(=O)CC1=O. The first-order valence-corrected chi connectivity index (χ1v) is 2.95. The molecular weight excluding hydrogens is 148 g/mol. The Labute approximate surface area is 61.6 Å². The van der Waals surface area contributed by atoms with Crippen LogP contribution in [-0.4, -0.2) is 27.9 Å². The molecule has 1 aliphatic rings. The smallest absolute Gasteiger partial charge is 0.360 e. The standard InChI is InChI=1S/C6H4N2O3/c7-8-6-4(10)1-3(9)2-5(6)11/h1-2H2. The Morgan fingerprint density at radius 1 is 1.09 bits per heavy atom. The van der Waals surface area contributed by atoms with Crippen LogP contribution in [-0.2, 0) is 14.4 Å². The van der Waals surface area contributed by atoms with Crippen LogP contribution in [0, 0.1) is 0 Å². The molecule has 1 aliphatic carbocycles. The zero-order valence-corrected chi connectivity index (χ0v) is 5.53. The fraction of sp³-hybridized carbons (Fsp3) is 0.333. The normalized spacial score (nSPS) is 18.5. The summed E-state index contributed by atoms with van der Waals surface area (Å²) in [6.45, 7) is 0. The number of rotatable bonds is 0. The van der Waals surface area contributed by atoms with Crippen molar-refractivity contribution in [3.05, 3.63) is 5.53 Å². The van der Waals surface area contributed by atoms with Crippen molar-refractivity contribution in [2.75, 3.05) is 0 Å². The first-order valence-electron chi connectivity index (χ1n) is 2.95. The highest BCUT2D eigenvalue weighted by atomic mass is 16.2. The molecule has 1 saturated carbocycles. The maximum absolute atomic E-state index is 10.7. The fourth-order valence-electron chi connectivity index (χ4n) is 0.855. The van der Waals surface area contributed by atoms with Gasteiger partial charge in [-0.3, -0.25) is 14.4 Å². The van der Waals surface area contributed by atoms with Crippen LogP contribution in [0.2, 0.25) is 0 Å². The van der Waals surface area contributed by atoms with Gasteiger partial charge < -0.3 is 5.53 Å². The monoisotopic (exact) mass is 152 g/mol. The minimum atomic E-state index is -0.700. The van der Waals surface area contributed by atoms with Gasteiger partial charge in [0.2, 0.25) is 0 Å². The molecule has 0 aromatic carbocycles. The number of carbonyl (C=O) groups excluding carboxylic acids is 3. The van der Waals surface area contributed by atoms with Crippen molar-refractivity contribution >= 4 is 23.1 Å². The third-order valence-corrected chi connectivity index (χ3v) is 1.34. The molecule has 5 heteroatoms. The second kappa shape index (κ2) is 2.56. The first kappa shape index (κ1) is 7.50. The molecule has 0 saturated heterocycles. The topological polar surface area (TPSA) is 87.6 Å². The molecule has 0 radical (unpaired) electrons. The van der Waals surface area contributed by atoms with E-state index in [1.54, 1.807) is 0 Å². The second-order valence-corrected chi connectivity index (χ2v) is 2.19. The van der Waals surface area contributed by atoms with Gasteiger partial charge in [0.25, 0.3) is 11.6 Å². The number of carbonyl (C=O) groups is 3. The Hall–Kier alpha value is -1.61. The molecule has 0 atom stereocenters. The molecule has 0 aliphatic heterocycles. The van der Waals surface area contributed by atoms with E-state index in [-0.39, 0.29) is 12.8 Å². The van der Waals surface area contributed by atoms with E-state index in [1.807, 2.05) is 0 Å². The minimum Gasteiger partial charge on any atom is -0.360 e. The quantitative estimate of drug-likeness (QED) is 0.257. The maximum Gasteiger partial charge on any atom is 0.401 e. The zero-order valence-electron chi connectivity index (χ0n) is 5.53. The first-order chi connectivity index (χ1) is 5.15. The lowest BCUT2D eigenvalue weighted by atomic mass is 9.95. The number of nitrogens with zero attached hydrogens (tertiary/aromatic N) is 2. The van der Waals surface area contributed by atoms with Crippen LogP contribution in [0.15, 0.2) is 0 Å². The average Bonchev–Trinajstić information content (AvgIpc) is 1.85. The summed E-state index contributed by atoms with van der Waals surface area (Å²) in [5.41, 5.74) is 7.64. The molecule has 5 nitrogen and oxygen atoms in total. The van der Waals surface area contributed by atoms with Gasteiger partial charge in [-0.25, -0.2) is 0 Å². The molecule has 1 fully saturated rings. The Morgan fingerprint density at radius 2 is 1.55 bits per heavy atom. The van der Waals surface area contributed by atoms with E-state index < -0.39 is 23.1 Å². The number of hydrogen-bond acceptors (Lipinski definition) is 3. The molecule has 0 aromatic rings. The van der Waals surface area contributed by atoms with Gasteiger partial charge in [0.05, 0.1) is 12.8 Å². The van der Waals surface area contributed by atoms with Crippen LogP contribution in [0.3, 0.4) is 0 Å². The Kier molecular flexibility index (Phi) is 1.74. The van der Waals surface area contributed by atoms with Crippen LogP contribution in [0.5, 0.6) is 0 Å². The van der Waals surface area contributed by atoms with Crippen LogP contribution in [0.25, 0.3) is 5.53 Å². The van der Waals surface area contributed by atoms with Gasteiger partial charge in [0.1, 0.15) is 5.78 Å². The van der Waals surface area contributed by atoms with Crippen molar-refractivity contribution < 1.29 is 19.2 Å². The molecule has 0 N–H and O–H groups in total. The highest BCUT2D eigenvalue weighted by Crippen LogP contribution is 2.03. The molecule has 56 valence electrons. The van der Waals surface area contributed by atoms with Crippen LogP contribution in [0.4, 0.5) is 0 Å². The second-order valence-electron chi connectivity index (χ2n) is 2.19. The van der Waals surface area contributed by atoms with Gasteiger partial charge >= 0.3 is 5.71 Å². The van der Waals surface area contributed by atoms with Gasteiger partial charge in [-0.1, -0.05) is 0 Å². The van der Waals surface area contributed by atoms with Crippen LogP contribution < -0.4 is 0 Å². The zero-order chi connectivity index (χ0) is 8.43. The van der Waals surface area contributed by atoms with E-state index in [1.165, 1.54) is 0 Å². The number of hydrogen-bond donors (Lipinski definition) is 0. The summed E-state index contributed by atoms with van der Waals surface area (Å²) in [7, 11) is 0. The minimum absolute atomic E-state index is 0.328. The van der Waals surface area contributed by atoms with E-state index >= 15 is 0 Å². The summed E-state index contributed by atoms with van der Waals surface area (Å²) in [6.07, 6.45) is -0.656. The number of Topliss-reactive ketones (excluding diaryl/α,β-unsaturated/α-hetero) is 3. The molecule has 0 spiro atoms. The average molecular weight is 152 g/mol. The predicted octanol–water partition coefficient (Wildman–Crippen LogP) is -0.842. The number of ketones is 3. The van der Waals surface area contributed by atoms with Crippen molar-refractivity contribution in [3.63, 3.8) is 0 Å². The summed E-state index contributed by atoms with van der Waals surface area (Å²) < 4.78 is 0. The van der Waals surface area contributed by atoms with E-state index in [2.05, 4.69) is 4.79 Å². The summed E-state index contributed by atoms with van der Waals surface area (Å²) in [4.78, 5) is 34.5. The lowest BCUT2D eigenvalue weighted by Crippen LogP contribution is -2.34. The molecule has 0 unspecified atom stereocenters. The molecule has 0 bridgehead atoms. The van der Waals surface area contributed by atoms with Gasteiger partial charge in [-0.2, -0.15) is 4.79 Å². The summed E-state index contributed by atoms with van der Waals surface area (Å²) >= 11 is 0. The fourth-order valence-corrected chi connectivity index (χ4v) is 0.855. The highest BCUT2D eigenvalue weighted by molar-refractivity contribution is 6.68. The molecule has 0 aromatic heterocycles. The van der Waals surface area contributed by atoms with Crippen molar-refractivity contribution in [1.29, 1.82) is 0 Å². The van der Waals surface area contributed by atoms with E-state index in [0.29, 0.717) is 0 Å². The third kappa shape index (κ3) is 1.28.